The van der Waals surface area contributed by atoms with E-state index in [2.05, 4.69) is 19.9 Å². The molecule has 0 unspecified atom stereocenters. The number of sulfonamides is 1. The largest absolute Gasteiger partial charge is 0.494 e. The van der Waals surface area contributed by atoms with E-state index in [1.807, 2.05) is 0 Å². The molecule has 3 aromatic heterocycles. The van der Waals surface area contributed by atoms with Gasteiger partial charge < -0.3 is 4.74 Å². The summed E-state index contributed by atoms with van der Waals surface area (Å²) >= 11 is 0. The van der Waals surface area contributed by atoms with Crippen LogP contribution in [-0.2, 0) is 17.1 Å². The topological polar surface area (TPSA) is 104 Å². The average molecular weight is 402 g/mol. The maximum absolute atomic E-state index is 13.1. The number of aromatic nitrogens is 5. The zero-order chi connectivity index (χ0) is 19.9. The second kappa shape index (κ2) is 6.60. The lowest BCUT2D eigenvalue weighted by Gasteiger charge is -2.14. The molecular weight excluding hydrogens is 387 g/mol. The van der Waals surface area contributed by atoms with Gasteiger partial charge in [-0.3, -0.25) is 9.40 Å². The van der Waals surface area contributed by atoms with Crippen LogP contribution in [-0.4, -0.2) is 40.1 Å². The molecule has 11 heteroatoms. The molecule has 0 radical (unpaired) electrons. The van der Waals surface area contributed by atoms with Gasteiger partial charge >= 0.3 is 0 Å². The molecule has 144 valence electrons. The average Bonchev–Trinajstić information content (AvgIpc) is 3.28. The molecule has 0 saturated heterocycles. The molecule has 0 bridgehead atoms. The molecule has 0 spiro atoms. The lowest BCUT2D eigenvalue weighted by atomic mass is 10.2. The predicted octanol–water partition coefficient (Wildman–Crippen LogP) is 2.10. The Kier molecular flexibility index (Phi) is 4.23. The number of nitrogens with one attached hydrogen (secondary N) is 1. The number of pyridine rings is 1. The Balaban J connectivity index is 1.72. The third-order valence-electron chi connectivity index (χ3n) is 4.14. The minimum Gasteiger partial charge on any atom is -0.494 e. The number of nitrogens with zero attached hydrogens (tertiary/aromatic N) is 5. The molecule has 1 aromatic carbocycles. The maximum Gasteiger partial charge on any atom is 0.263 e. The monoisotopic (exact) mass is 402 g/mol. The van der Waals surface area contributed by atoms with E-state index in [1.54, 1.807) is 30.1 Å². The first kappa shape index (κ1) is 17.9. The van der Waals surface area contributed by atoms with Gasteiger partial charge in [-0.05, 0) is 24.3 Å². The first-order valence-corrected chi connectivity index (χ1v) is 9.55. The Hall–Kier alpha value is -3.47. The van der Waals surface area contributed by atoms with Crippen LogP contribution in [0.1, 0.15) is 0 Å². The van der Waals surface area contributed by atoms with Crippen LogP contribution in [0.5, 0.6) is 5.75 Å². The van der Waals surface area contributed by atoms with Crippen LogP contribution in [0.4, 0.5) is 10.1 Å². The van der Waals surface area contributed by atoms with Gasteiger partial charge in [-0.2, -0.15) is 10.2 Å². The van der Waals surface area contributed by atoms with E-state index < -0.39 is 15.8 Å². The molecule has 1 N–H and O–H groups in total. The fourth-order valence-corrected chi connectivity index (χ4v) is 3.83. The van der Waals surface area contributed by atoms with Crippen molar-refractivity contribution in [1.29, 1.82) is 0 Å². The molecule has 4 aromatic rings. The van der Waals surface area contributed by atoms with Crippen molar-refractivity contribution in [3.63, 3.8) is 0 Å². The molecule has 0 aliphatic rings. The summed E-state index contributed by atoms with van der Waals surface area (Å²) in [4.78, 5) is 3.98. The number of hydrogen-bond donors (Lipinski definition) is 1. The Labute approximate surface area is 159 Å². The van der Waals surface area contributed by atoms with Crippen molar-refractivity contribution >= 4 is 26.6 Å². The van der Waals surface area contributed by atoms with E-state index in [-0.39, 0.29) is 16.4 Å². The molecule has 0 aliphatic carbocycles. The zero-order valence-electron chi connectivity index (χ0n) is 14.9. The van der Waals surface area contributed by atoms with E-state index >= 15 is 0 Å². The van der Waals surface area contributed by atoms with Crippen LogP contribution in [0.2, 0.25) is 0 Å². The van der Waals surface area contributed by atoms with Gasteiger partial charge in [0.1, 0.15) is 16.3 Å². The van der Waals surface area contributed by atoms with Gasteiger partial charge in [0.25, 0.3) is 10.0 Å². The number of aryl methyl sites for hydroxylation is 1. The number of fused-ring (bicyclic) bond motifs is 1. The highest BCUT2D eigenvalue weighted by atomic mass is 32.2. The van der Waals surface area contributed by atoms with Crippen molar-refractivity contribution in [2.24, 2.45) is 7.05 Å². The Bertz CT molecular complexity index is 1260. The van der Waals surface area contributed by atoms with E-state index in [0.29, 0.717) is 11.3 Å². The molecule has 0 amide bonds. The number of ether oxygens (including phenoxy) is 1. The third-order valence-corrected chi connectivity index (χ3v) is 5.47. The predicted molar refractivity (Wildman–Crippen MR) is 99.4 cm³/mol. The molecule has 0 aliphatic heterocycles. The van der Waals surface area contributed by atoms with E-state index in [9.17, 15) is 12.8 Å². The standard InChI is InChI=1S/C17H15FN6O3S/c1-23-17-11(7-20-23)3-5-14(27-2)16(17)22-28(25,26)13-4-6-15(19-9-13)24-10-12(18)8-21-24/h3-10,22H,1-2H3. The summed E-state index contributed by atoms with van der Waals surface area (Å²) in [6.07, 6.45) is 4.98. The second-order valence-electron chi connectivity index (χ2n) is 5.91. The van der Waals surface area contributed by atoms with E-state index in [0.717, 1.165) is 17.8 Å². The number of methoxy groups -OCH3 is 1. The van der Waals surface area contributed by atoms with Crippen molar-refractivity contribution in [1.82, 2.24) is 24.5 Å². The highest BCUT2D eigenvalue weighted by molar-refractivity contribution is 7.92. The lowest BCUT2D eigenvalue weighted by molar-refractivity contribution is 0.417. The molecule has 3 heterocycles. The Morgan fingerprint density at radius 3 is 2.57 bits per heavy atom. The summed E-state index contributed by atoms with van der Waals surface area (Å²) in [7, 11) is -0.802. The lowest BCUT2D eigenvalue weighted by Crippen LogP contribution is -2.15. The smallest absolute Gasteiger partial charge is 0.263 e. The summed E-state index contributed by atoms with van der Waals surface area (Å²) in [5, 5.41) is 8.71. The van der Waals surface area contributed by atoms with Crippen LogP contribution in [0.3, 0.4) is 0 Å². The molecule has 0 saturated carbocycles. The number of hydrogen-bond acceptors (Lipinski definition) is 6. The van der Waals surface area contributed by atoms with Crippen molar-refractivity contribution in [2.75, 3.05) is 11.8 Å². The van der Waals surface area contributed by atoms with Gasteiger partial charge in [0.2, 0.25) is 0 Å². The summed E-state index contributed by atoms with van der Waals surface area (Å²) in [6, 6.07) is 6.25. The van der Waals surface area contributed by atoms with Crippen molar-refractivity contribution in [3.05, 3.63) is 54.9 Å². The molecule has 0 atom stereocenters. The fraction of sp³-hybridized carbons (Fsp3) is 0.118. The number of anilines is 1. The highest BCUT2D eigenvalue weighted by Crippen LogP contribution is 2.34. The molecule has 28 heavy (non-hydrogen) atoms. The molecule has 9 nitrogen and oxygen atoms in total. The number of rotatable bonds is 5. The zero-order valence-corrected chi connectivity index (χ0v) is 15.7. The summed E-state index contributed by atoms with van der Waals surface area (Å²) in [6.45, 7) is 0. The maximum atomic E-state index is 13.1. The van der Waals surface area contributed by atoms with E-state index in [4.69, 9.17) is 4.74 Å². The van der Waals surface area contributed by atoms with Crippen LogP contribution in [0, 0.1) is 5.82 Å². The first-order valence-electron chi connectivity index (χ1n) is 8.07. The van der Waals surface area contributed by atoms with Crippen LogP contribution in [0.25, 0.3) is 16.7 Å². The van der Waals surface area contributed by atoms with Crippen LogP contribution < -0.4 is 9.46 Å². The minimum atomic E-state index is -3.96. The number of benzene rings is 1. The van der Waals surface area contributed by atoms with Crippen LogP contribution in [0.15, 0.2) is 53.9 Å². The normalized spacial score (nSPS) is 11.7. The Morgan fingerprint density at radius 2 is 1.93 bits per heavy atom. The van der Waals surface area contributed by atoms with Gasteiger partial charge in [-0.25, -0.2) is 22.5 Å². The molecule has 0 fully saturated rings. The fourth-order valence-electron chi connectivity index (χ4n) is 2.80. The summed E-state index contributed by atoms with van der Waals surface area (Å²) < 4.78 is 49.5. The molecule has 4 rings (SSSR count). The van der Waals surface area contributed by atoms with Crippen molar-refractivity contribution < 1.29 is 17.5 Å². The summed E-state index contributed by atoms with van der Waals surface area (Å²) in [5.74, 6) is 0.127. The Morgan fingerprint density at radius 1 is 1.11 bits per heavy atom. The third kappa shape index (κ3) is 3.05. The van der Waals surface area contributed by atoms with Gasteiger partial charge in [-0.1, -0.05) is 0 Å². The second-order valence-corrected chi connectivity index (χ2v) is 7.59. The van der Waals surface area contributed by atoms with Crippen molar-refractivity contribution in [2.45, 2.75) is 4.90 Å². The quantitative estimate of drug-likeness (QED) is 0.548. The summed E-state index contributed by atoms with van der Waals surface area (Å²) in [5.41, 5.74) is 0.859. The van der Waals surface area contributed by atoms with Crippen LogP contribution >= 0.6 is 0 Å². The van der Waals surface area contributed by atoms with Crippen molar-refractivity contribution in [3.8, 4) is 11.6 Å². The van der Waals surface area contributed by atoms with Gasteiger partial charge in [0.15, 0.2) is 11.6 Å². The highest BCUT2D eigenvalue weighted by Gasteiger charge is 2.21. The number of halogens is 1. The SMILES string of the molecule is COc1ccc2cnn(C)c2c1NS(=O)(=O)c1ccc(-n2cc(F)cn2)nc1. The van der Waals surface area contributed by atoms with Gasteiger partial charge in [-0.15, -0.1) is 0 Å². The molecular formula is C17H15FN6O3S. The minimum absolute atomic E-state index is 0.0647. The first-order chi connectivity index (χ1) is 13.4. The van der Waals surface area contributed by atoms with Gasteiger partial charge in [0, 0.05) is 18.6 Å². The van der Waals surface area contributed by atoms with E-state index in [1.165, 1.54) is 30.1 Å². The van der Waals surface area contributed by atoms with Gasteiger partial charge in [0.05, 0.1) is 31.2 Å².